The van der Waals surface area contributed by atoms with Crippen LogP contribution in [0.3, 0.4) is 0 Å². The van der Waals surface area contributed by atoms with Gasteiger partial charge in [0, 0.05) is 34.3 Å². The molecule has 0 aliphatic heterocycles. The highest BCUT2D eigenvalue weighted by Crippen LogP contribution is 2.27. The second kappa shape index (κ2) is 9.18. The topological polar surface area (TPSA) is 131 Å². The summed E-state index contributed by atoms with van der Waals surface area (Å²) in [7, 11) is -3.72. The molecule has 4 aromatic rings. The molecule has 0 unspecified atom stereocenters. The van der Waals surface area contributed by atoms with Crippen molar-refractivity contribution in [1.82, 2.24) is 4.98 Å². The first-order chi connectivity index (χ1) is 15.8. The van der Waals surface area contributed by atoms with Crippen LogP contribution in [0.25, 0.3) is 11.3 Å². The van der Waals surface area contributed by atoms with Gasteiger partial charge in [-0.3, -0.25) is 24.9 Å². The molecule has 0 fully saturated rings. The molecule has 33 heavy (non-hydrogen) atoms. The quantitative estimate of drug-likeness (QED) is 0.289. The zero-order valence-corrected chi connectivity index (χ0v) is 18.5. The molecule has 0 radical (unpaired) electrons. The third-order valence-corrected chi connectivity index (χ3v) is 6.71. The van der Waals surface area contributed by atoms with E-state index in [2.05, 4.69) is 15.0 Å². The van der Waals surface area contributed by atoms with Crippen LogP contribution in [0.5, 0.6) is 0 Å². The molecule has 1 amide bonds. The van der Waals surface area contributed by atoms with Gasteiger partial charge < -0.3 is 0 Å². The molecule has 0 saturated carbocycles. The highest BCUT2D eigenvalue weighted by atomic mass is 32.2. The summed E-state index contributed by atoms with van der Waals surface area (Å²) in [5.41, 5.74) is 1.90. The average Bonchev–Trinajstić information content (AvgIpc) is 3.28. The zero-order valence-electron chi connectivity index (χ0n) is 16.8. The van der Waals surface area contributed by atoms with Gasteiger partial charge in [-0.05, 0) is 48.5 Å². The van der Waals surface area contributed by atoms with Crippen LogP contribution in [-0.2, 0) is 10.0 Å². The van der Waals surface area contributed by atoms with Gasteiger partial charge in [-0.25, -0.2) is 13.4 Å². The highest BCUT2D eigenvalue weighted by molar-refractivity contribution is 7.92. The van der Waals surface area contributed by atoms with Crippen molar-refractivity contribution >= 4 is 43.8 Å². The monoisotopic (exact) mass is 480 g/mol. The number of benzene rings is 3. The van der Waals surface area contributed by atoms with Crippen molar-refractivity contribution in [2.75, 3.05) is 10.0 Å². The number of hydrogen-bond donors (Lipinski definition) is 2. The first-order valence-electron chi connectivity index (χ1n) is 9.51. The maximum atomic E-state index is 12.5. The lowest BCUT2D eigenvalue weighted by Gasteiger charge is -2.08. The third-order valence-electron chi connectivity index (χ3n) is 4.55. The molecule has 0 atom stereocenters. The second-order valence-corrected chi connectivity index (χ2v) is 9.33. The van der Waals surface area contributed by atoms with E-state index in [-0.39, 0.29) is 10.6 Å². The lowest BCUT2D eigenvalue weighted by molar-refractivity contribution is -0.384. The summed E-state index contributed by atoms with van der Waals surface area (Å²) in [6, 6.07) is 19.9. The van der Waals surface area contributed by atoms with Crippen molar-refractivity contribution in [1.29, 1.82) is 0 Å². The van der Waals surface area contributed by atoms with Gasteiger partial charge in [0.25, 0.3) is 21.6 Å². The summed E-state index contributed by atoms with van der Waals surface area (Å²) in [5.74, 6) is -0.405. The normalized spacial score (nSPS) is 11.0. The second-order valence-electron chi connectivity index (χ2n) is 6.79. The molecule has 9 nitrogen and oxygen atoms in total. The van der Waals surface area contributed by atoms with E-state index in [4.69, 9.17) is 0 Å². The van der Waals surface area contributed by atoms with Crippen molar-refractivity contribution in [2.24, 2.45) is 0 Å². The highest BCUT2D eigenvalue weighted by Gasteiger charge is 2.15. The number of nitro benzene ring substituents is 1. The van der Waals surface area contributed by atoms with E-state index in [1.165, 1.54) is 59.9 Å². The molecule has 0 saturated heterocycles. The largest absolute Gasteiger partial charge is 0.298 e. The van der Waals surface area contributed by atoms with E-state index in [1.807, 2.05) is 0 Å². The molecule has 3 aromatic carbocycles. The number of nitrogens with one attached hydrogen (secondary N) is 2. The fourth-order valence-corrected chi connectivity index (χ4v) is 4.68. The lowest BCUT2D eigenvalue weighted by atomic mass is 10.1. The number of carbonyl (C=O) groups excluding carboxylic acids is 1. The first-order valence-corrected chi connectivity index (χ1v) is 11.9. The van der Waals surface area contributed by atoms with Crippen LogP contribution in [0.2, 0.25) is 0 Å². The zero-order chi connectivity index (χ0) is 23.4. The Bertz CT molecular complexity index is 1400. The molecule has 1 aromatic heterocycles. The Hall–Kier alpha value is -4.09. The fraction of sp³-hybridized carbons (Fsp3) is 0. The van der Waals surface area contributed by atoms with Crippen molar-refractivity contribution < 1.29 is 18.1 Å². The van der Waals surface area contributed by atoms with Crippen molar-refractivity contribution in [2.45, 2.75) is 4.90 Å². The summed E-state index contributed by atoms with van der Waals surface area (Å²) in [4.78, 5) is 27.3. The van der Waals surface area contributed by atoms with Gasteiger partial charge in [-0.2, -0.15) is 0 Å². The predicted molar refractivity (Wildman–Crippen MR) is 126 cm³/mol. The minimum Gasteiger partial charge on any atom is -0.298 e. The Morgan fingerprint density at radius 1 is 0.939 bits per heavy atom. The number of amides is 1. The molecular weight excluding hydrogens is 464 g/mol. The van der Waals surface area contributed by atoms with E-state index in [0.717, 1.165) is 0 Å². The summed E-state index contributed by atoms with van der Waals surface area (Å²) < 4.78 is 27.3. The molecule has 0 aliphatic carbocycles. The Morgan fingerprint density at radius 3 is 2.24 bits per heavy atom. The van der Waals surface area contributed by atoms with E-state index in [0.29, 0.717) is 27.6 Å². The smallest absolute Gasteiger partial charge is 0.269 e. The maximum absolute atomic E-state index is 12.5. The first kappa shape index (κ1) is 22.1. The molecule has 0 aliphatic rings. The molecule has 4 rings (SSSR count). The number of nitrogens with zero attached hydrogens (tertiary/aromatic N) is 2. The van der Waals surface area contributed by atoms with E-state index in [9.17, 15) is 23.3 Å². The van der Waals surface area contributed by atoms with Crippen LogP contribution in [-0.4, -0.2) is 24.2 Å². The van der Waals surface area contributed by atoms with Crippen LogP contribution in [0, 0.1) is 10.1 Å². The van der Waals surface area contributed by atoms with Crippen LogP contribution >= 0.6 is 11.3 Å². The number of non-ortho nitro benzene ring substituents is 1. The molecular formula is C22H16N4O5S2. The van der Waals surface area contributed by atoms with E-state index < -0.39 is 20.9 Å². The fourth-order valence-electron chi connectivity index (χ4n) is 2.89. The predicted octanol–water partition coefficient (Wildman–Crippen LogP) is 4.77. The van der Waals surface area contributed by atoms with Crippen molar-refractivity contribution in [3.05, 3.63) is 99.9 Å². The number of rotatable bonds is 7. The minimum absolute atomic E-state index is 0.0167. The van der Waals surface area contributed by atoms with Gasteiger partial charge in [-0.15, -0.1) is 11.3 Å². The van der Waals surface area contributed by atoms with Gasteiger partial charge in [0.05, 0.1) is 15.5 Å². The van der Waals surface area contributed by atoms with Gasteiger partial charge in [0.1, 0.15) is 0 Å². The summed E-state index contributed by atoms with van der Waals surface area (Å²) in [5, 5.41) is 15.6. The number of carbonyl (C=O) groups is 1. The molecule has 0 spiro atoms. The number of thiazole rings is 1. The Balaban J connectivity index is 1.42. The summed E-state index contributed by atoms with van der Waals surface area (Å²) in [6.07, 6.45) is 0. The number of aromatic nitrogens is 1. The van der Waals surface area contributed by atoms with Gasteiger partial charge in [0.2, 0.25) is 0 Å². The SMILES string of the molecule is O=C(Nc1nc(-c2ccc([N+](=O)[O-])cc2)cs1)c1ccc(NS(=O)(=O)c2ccccc2)cc1. The maximum Gasteiger partial charge on any atom is 0.269 e. The minimum atomic E-state index is -3.72. The summed E-state index contributed by atoms with van der Waals surface area (Å²) >= 11 is 1.22. The van der Waals surface area contributed by atoms with Gasteiger partial charge in [-0.1, -0.05) is 18.2 Å². The van der Waals surface area contributed by atoms with Gasteiger partial charge in [0.15, 0.2) is 5.13 Å². The van der Waals surface area contributed by atoms with E-state index in [1.54, 1.807) is 35.7 Å². The number of sulfonamides is 1. The molecule has 166 valence electrons. The average molecular weight is 481 g/mol. The number of hydrogen-bond acceptors (Lipinski definition) is 7. The van der Waals surface area contributed by atoms with Crippen molar-refractivity contribution in [3.63, 3.8) is 0 Å². The molecule has 2 N–H and O–H groups in total. The van der Waals surface area contributed by atoms with Crippen LogP contribution in [0.15, 0.2) is 89.1 Å². The van der Waals surface area contributed by atoms with Crippen LogP contribution in [0.4, 0.5) is 16.5 Å². The molecule has 1 heterocycles. The number of anilines is 2. The standard InChI is InChI=1S/C22H16N4O5S2/c27-21(24-22-23-20(14-32-22)15-8-12-18(13-9-15)26(28)29)16-6-10-17(11-7-16)25-33(30,31)19-4-2-1-3-5-19/h1-14,25H,(H,23,24,27). The number of nitro groups is 1. The third kappa shape index (κ3) is 5.22. The Morgan fingerprint density at radius 2 is 1.61 bits per heavy atom. The van der Waals surface area contributed by atoms with Gasteiger partial charge >= 0.3 is 0 Å². The Kier molecular flexibility index (Phi) is 6.16. The van der Waals surface area contributed by atoms with Crippen LogP contribution in [0.1, 0.15) is 10.4 Å². The Labute approximate surface area is 193 Å². The molecule has 11 heteroatoms. The van der Waals surface area contributed by atoms with E-state index >= 15 is 0 Å². The van der Waals surface area contributed by atoms with Crippen molar-refractivity contribution in [3.8, 4) is 11.3 Å². The summed E-state index contributed by atoms with van der Waals surface area (Å²) in [6.45, 7) is 0. The molecule has 0 bridgehead atoms. The van der Waals surface area contributed by atoms with Crippen LogP contribution < -0.4 is 10.0 Å². The lowest BCUT2D eigenvalue weighted by Crippen LogP contribution is -2.14.